The van der Waals surface area contributed by atoms with Crippen LogP contribution in [0.2, 0.25) is 10.0 Å². The highest BCUT2D eigenvalue weighted by Gasteiger charge is 2.70. The average molecular weight is 663 g/mol. The van der Waals surface area contributed by atoms with Crippen LogP contribution in [0, 0.1) is 29.5 Å². The van der Waals surface area contributed by atoms with E-state index >= 15 is 4.79 Å². The summed E-state index contributed by atoms with van der Waals surface area (Å²) in [6, 6.07) is 16.5. The zero-order chi connectivity index (χ0) is 32.5. The Morgan fingerprint density at radius 2 is 1.61 bits per heavy atom. The molecule has 0 spiro atoms. The molecule has 11 heteroatoms. The molecule has 3 aromatic carbocycles. The van der Waals surface area contributed by atoms with Crippen molar-refractivity contribution >= 4 is 52.5 Å². The topological polar surface area (TPSA) is 107 Å². The van der Waals surface area contributed by atoms with Gasteiger partial charge in [-0.2, -0.15) is 5.01 Å². The molecule has 2 N–H and O–H groups in total. The minimum absolute atomic E-state index is 0.110. The number of nitrogens with one attached hydrogen (secondary N) is 1. The lowest BCUT2D eigenvalue weighted by Gasteiger charge is -2.50. The number of nitrogens with zero attached hydrogens (tertiary/aromatic N) is 2. The van der Waals surface area contributed by atoms with E-state index in [1.807, 2.05) is 13.0 Å². The Balaban J connectivity index is 1.47. The molecule has 2 saturated heterocycles. The smallest absolute Gasteiger partial charge is 0.260 e. The predicted molar refractivity (Wildman–Crippen MR) is 169 cm³/mol. The molecule has 236 valence electrons. The van der Waals surface area contributed by atoms with Crippen LogP contribution < -0.4 is 5.43 Å². The quantitative estimate of drug-likeness (QED) is 0.240. The van der Waals surface area contributed by atoms with Gasteiger partial charge in [-0.1, -0.05) is 53.9 Å². The summed E-state index contributed by atoms with van der Waals surface area (Å²) in [5.41, 5.74) is 3.15. The van der Waals surface area contributed by atoms with Crippen LogP contribution in [-0.2, 0) is 24.6 Å². The third-order valence-corrected chi connectivity index (χ3v) is 10.6. The number of carbonyl (C=O) groups is 4. The molecule has 4 amide bonds. The SMILES string of the molecule is CCCN1C(=O)C2CC=C3C(CC4C(=O)N(Nc5ccc(F)cc5)C(=O)C4(c4ccc(Cl)cc4)C3c3cc(Cl)ccc3O)C2C1=O. The molecule has 2 aliphatic carbocycles. The van der Waals surface area contributed by atoms with E-state index in [1.54, 1.807) is 30.3 Å². The summed E-state index contributed by atoms with van der Waals surface area (Å²) in [6.07, 6.45) is 2.91. The van der Waals surface area contributed by atoms with Crippen LogP contribution in [0.5, 0.6) is 5.75 Å². The Kier molecular flexibility index (Phi) is 7.44. The van der Waals surface area contributed by atoms with E-state index in [-0.39, 0.29) is 30.4 Å². The molecule has 3 aromatic rings. The van der Waals surface area contributed by atoms with Crippen molar-refractivity contribution in [1.82, 2.24) is 9.91 Å². The Morgan fingerprint density at radius 1 is 0.913 bits per heavy atom. The van der Waals surface area contributed by atoms with E-state index in [0.29, 0.717) is 45.4 Å². The number of anilines is 1. The average Bonchev–Trinajstić information content (AvgIpc) is 3.41. The molecular weight excluding hydrogens is 632 g/mol. The monoisotopic (exact) mass is 661 g/mol. The van der Waals surface area contributed by atoms with E-state index < -0.39 is 52.6 Å². The molecule has 2 aliphatic heterocycles. The van der Waals surface area contributed by atoms with E-state index in [2.05, 4.69) is 5.43 Å². The number of hydrogen-bond donors (Lipinski definition) is 2. The molecule has 0 bridgehead atoms. The summed E-state index contributed by atoms with van der Waals surface area (Å²) in [6.45, 7) is 2.20. The number of rotatable bonds is 6. The molecule has 4 aliphatic rings. The second-order valence-electron chi connectivity index (χ2n) is 12.4. The minimum Gasteiger partial charge on any atom is -0.508 e. The summed E-state index contributed by atoms with van der Waals surface area (Å²) in [5.74, 6) is -6.04. The van der Waals surface area contributed by atoms with Crippen molar-refractivity contribution in [2.75, 3.05) is 12.0 Å². The Bertz CT molecular complexity index is 1810. The number of carbonyl (C=O) groups excluding carboxylic acids is 4. The highest BCUT2D eigenvalue weighted by molar-refractivity contribution is 6.31. The summed E-state index contributed by atoms with van der Waals surface area (Å²) in [5, 5.41) is 13.1. The molecule has 2 heterocycles. The zero-order valence-corrected chi connectivity index (χ0v) is 26.3. The van der Waals surface area contributed by atoms with Crippen molar-refractivity contribution in [2.24, 2.45) is 23.7 Å². The van der Waals surface area contributed by atoms with Gasteiger partial charge in [0.05, 0.1) is 28.9 Å². The lowest BCUT2D eigenvalue weighted by atomic mass is 9.49. The Morgan fingerprint density at radius 3 is 2.30 bits per heavy atom. The highest BCUT2D eigenvalue weighted by Crippen LogP contribution is 2.65. The first-order valence-corrected chi connectivity index (χ1v) is 16.0. The molecule has 3 fully saturated rings. The van der Waals surface area contributed by atoms with Gasteiger partial charge in [-0.25, -0.2) is 4.39 Å². The van der Waals surface area contributed by atoms with Crippen molar-refractivity contribution in [3.8, 4) is 5.75 Å². The fraction of sp³-hybridized carbons (Fsp3) is 0.314. The van der Waals surface area contributed by atoms with Crippen LogP contribution in [0.4, 0.5) is 10.1 Å². The number of likely N-dealkylation sites (tertiary alicyclic amines) is 1. The van der Waals surface area contributed by atoms with Crippen LogP contribution in [-0.4, -0.2) is 45.2 Å². The number of hydrazine groups is 1. The van der Waals surface area contributed by atoms with Crippen molar-refractivity contribution in [3.63, 3.8) is 0 Å². The van der Waals surface area contributed by atoms with Crippen LogP contribution >= 0.6 is 23.2 Å². The summed E-state index contributed by atoms with van der Waals surface area (Å²) >= 11 is 12.8. The second kappa shape index (κ2) is 11.2. The van der Waals surface area contributed by atoms with Gasteiger partial charge in [0.25, 0.3) is 11.8 Å². The van der Waals surface area contributed by atoms with Crippen LogP contribution in [0.3, 0.4) is 0 Å². The van der Waals surface area contributed by atoms with Crippen LogP contribution in [0.15, 0.2) is 78.4 Å². The molecular formula is C35H30Cl2FN3O5. The van der Waals surface area contributed by atoms with Crippen LogP contribution in [0.25, 0.3) is 0 Å². The largest absolute Gasteiger partial charge is 0.508 e. The van der Waals surface area contributed by atoms with Crippen molar-refractivity contribution < 1.29 is 28.7 Å². The lowest BCUT2D eigenvalue weighted by Crippen LogP contribution is -2.53. The molecule has 0 aromatic heterocycles. The summed E-state index contributed by atoms with van der Waals surface area (Å²) in [4.78, 5) is 58.2. The van der Waals surface area contributed by atoms with Crippen molar-refractivity contribution in [2.45, 2.75) is 37.5 Å². The lowest BCUT2D eigenvalue weighted by molar-refractivity contribution is -0.141. The predicted octanol–water partition coefficient (Wildman–Crippen LogP) is 6.23. The highest BCUT2D eigenvalue weighted by atomic mass is 35.5. The number of aromatic hydroxyl groups is 1. The first-order chi connectivity index (χ1) is 22.1. The number of halogens is 3. The second-order valence-corrected chi connectivity index (χ2v) is 13.3. The fourth-order valence-corrected chi connectivity index (χ4v) is 8.57. The van der Waals surface area contributed by atoms with E-state index in [1.165, 1.54) is 41.3 Å². The first-order valence-electron chi connectivity index (χ1n) is 15.3. The van der Waals surface area contributed by atoms with E-state index in [9.17, 15) is 23.9 Å². The van der Waals surface area contributed by atoms with Gasteiger partial charge in [0, 0.05) is 28.1 Å². The summed E-state index contributed by atoms with van der Waals surface area (Å²) in [7, 11) is 0. The number of benzene rings is 3. The standard InChI is InChI=1S/C35H30Cl2FN3O5/c1-2-15-40-31(43)24-13-12-23-25(29(24)33(40)45)17-27-32(44)41(39-22-10-8-21(38)9-11-22)34(46)35(27,18-3-5-19(36)6-4-18)30(23)26-16-20(37)7-14-28(26)42/h3-12,14,16,24-25,27,29-30,39,42H,2,13,15,17H2,1H3. The molecule has 1 saturated carbocycles. The molecule has 0 radical (unpaired) electrons. The fourth-order valence-electron chi connectivity index (χ4n) is 8.27. The molecule has 8 nitrogen and oxygen atoms in total. The maximum Gasteiger partial charge on any atom is 0.260 e. The third-order valence-electron chi connectivity index (χ3n) is 10.1. The van der Waals surface area contributed by atoms with E-state index in [0.717, 1.165) is 5.01 Å². The number of hydrogen-bond acceptors (Lipinski definition) is 6. The van der Waals surface area contributed by atoms with Gasteiger partial charge in [-0.3, -0.25) is 29.5 Å². The molecule has 7 rings (SSSR count). The Labute approximate surface area is 274 Å². The van der Waals surface area contributed by atoms with Gasteiger partial charge in [0.2, 0.25) is 11.8 Å². The number of allylic oxidation sites excluding steroid dienone is 2. The van der Waals surface area contributed by atoms with Gasteiger partial charge in [-0.05, 0) is 85.3 Å². The zero-order valence-electron chi connectivity index (χ0n) is 24.8. The summed E-state index contributed by atoms with van der Waals surface area (Å²) < 4.78 is 13.7. The van der Waals surface area contributed by atoms with Gasteiger partial charge in [0.1, 0.15) is 11.6 Å². The number of phenols is 1. The number of amides is 4. The molecule has 46 heavy (non-hydrogen) atoms. The van der Waals surface area contributed by atoms with Gasteiger partial charge >= 0.3 is 0 Å². The van der Waals surface area contributed by atoms with E-state index in [4.69, 9.17) is 23.2 Å². The first kappa shape index (κ1) is 30.4. The minimum atomic E-state index is -1.60. The number of imide groups is 2. The molecule has 6 atom stereocenters. The third kappa shape index (κ3) is 4.39. The number of phenolic OH excluding ortho intramolecular Hbond substituents is 1. The van der Waals surface area contributed by atoms with Crippen molar-refractivity contribution in [3.05, 3.63) is 105 Å². The maximum absolute atomic E-state index is 15.0. The molecule has 6 unspecified atom stereocenters. The number of fused-ring (bicyclic) bond motifs is 4. The van der Waals surface area contributed by atoms with Gasteiger partial charge < -0.3 is 5.11 Å². The maximum atomic E-state index is 15.0. The van der Waals surface area contributed by atoms with Gasteiger partial charge in [0.15, 0.2) is 0 Å². The van der Waals surface area contributed by atoms with Gasteiger partial charge in [-0.15, -0.1) is 0 Å². The Hall–Kier alpha value is -4.21. The normalized spacial score (nSPS) is 28.6. The van der Waals surface area contributed by atoms with Crippen molar-refractivity contribution in [1.29, 1.82) is 0 Å². The van der Waals surface area contributed by atoms with Crippen LogP contribution in [0.1, 0.15) is 43.2 Å².